The van der Waals surface area contributed by atoms with Crippen LogP contribution >= 0.6 is 0 Å². The fraction of sp³-hybridized carbons (Fsp3) is 0.111. The van der Waals surface area contributed by atoms with Crippen LogP contribution in [-0.2, 0) is 0 Å². The Bertz CT molecular complexity index is 420. The van der Waals surface area contributed by atoms with E-state index in [0.29, 0.717) is 5.56 Å². The number of nitro groups is 1. The minimum absolute atomic E-state index is 0.298. The van der Waals surface area contributed by atoms with Gasteiger partial charge in [0.2, 0.25) is 5.82 Å². The Labute approximate surface area is 79.1 Å². The van der Waals surface area contributed by atoms with Gasteiger partial charge in [-0.3, -0.25) is 10.1 Å². The molecule has 14 heavy (non-hydrogen) atoms. The Morgan fingerprint density at radius 2 is 2.29 bits per heavy atom. The summed E-state index contributed by atoms with van der Waals surface area (Å²) in [5.41, 5.74) is -0.318. The first-order valence-electron chi connectivity index (χ1n) is 3.69. The topological polar surface area (TPSA) is 63.4 Å². The van der Waals surface area contributed by atoms with E-state index in [0.717, 1.165) is 12.1 Å². The predicted octanol–water partition coefficient (Wildman–Crippen LogP) is 1.08. The second kappa shape index (κ2) is 4.35. The number of rotatable bonds is 1. The first-order valence-corrected chi connectivity index (χ1v) is 3.69. The molecule has 1 aromatic rings. The third-order valence-electron chi connectivity index (χ3n) is 1.45. The molecule has 0 aliphatic rings. The van der Waals surface area contributed by atoms with Crippen molar-refractivity contribution in [2.24, 2.45) is 0 Å². The highest BCUT2D eigenvalue weighted by atomic mass is 19.1. The molecule has 72 valence electrons. The van der Waals surface area contributed by atoms with Crippen LogP contribution in [0.4, 0.5) is 10.1 Å². The molecule has 0 aliphatic carbocycles. The number of halogens is 1. The molecule has 0 amide bonds. The number of aliphatic hydroxyl groups is 1. The van der Waals surface area contributed by atoms with E-state index in [1.54, 1.807) is 0 Å². The van der Waals surface area contributed by atoms with Gasteiger partial charge in [-0.15, -0.1) is 0 Å². The Morgan fingerprint density at radius 3 is 2.86 bits per heavy atom. The van der Waals surface area contributed by atoms with Crippen molar-refractivity contribution in [1.29, 1.82) is 0 Å². The molecule has 1 aromatic carbocycles. The number of nitrogens with zero attached hydrogens (tertiary/aromatic N) is 1. The van der Waals surface area contributed by atoms with Crippen molar-refractivity contribution in [1.82, 2.24) is 0 Å². The normalized spacial score (nSPS) is 9.00. The Hall–Kier alpha value is -1.93. The van der Waals surface area contributed by atoms with Crippen molar-refractivity contribution in [2.75, 3.05) is 6.61 Å². The van der Waals surface area contributed by atoms with Crippen LogP contribution in [0, 0.1) is 27.8 Å². The van der Waals surface area contributed by atoms with Crippen LogP contribution in [-0.4, -0.2) is 16.6 Å². The molecule has 0 bridgehead atoms. The third kappa shape index (κ3) is 2.28. The van der Waals surface area contributed by atoms with E-state index in [1.807, 2.05) is 0 Å². The molecule has 0 spiro atoms. The van der Waals surface area contributed by atoms with Gasteiger partial charge in [-0.2, -0.15) is 4.39 Å². The zero-order chi connectivity index (χ0) is 10.6. The van der Waals surface area contributed by atoms with Crippen molar-refractivity contribution in [2.45, 2.75) is 0 Å². The standard InChI is InChI=1S/C9H6FNO3/c10-8-4-3-7(2-1-5-12)6-9(8)11(13)14/h3-4,6,12H,5H2. The number of hydrogen-bond donors (Lipinski definition) is 1. The number of benzene rings is 1. The first kappa shape index (κ1) is 10.2. The Balaban J connectivity index is 3.13. The summed E-state index contributed by atoms with van der Waals surface area (Å²) in [6, 6.07) is 3.31. The van der Waals surface area contributed by atoms with Crippen LogP contribution in [0.15, 0.2) is 18.2 Å². The highest BCUT2D eigenvalue weighted by Gasteiger charge is 2.13. The van der Waals surface area contributed by atoms with Crippen LogP contribution in [0.25, 0.3) is 0 Å². The van der Waals surface area contributed by atoms with E-state index in [-0.39, 0.29) is 6.61 Å². The minimum atomic E-state index is -0.899. The van der Waals surface area contributed by atoms with Gasteiger partial charge in [0.05, 0.1) is 4.92 Å². The third-order valence-corrected chi connectivity index (χ3v) is 1.45. The van der Waals surface area contributed by atoms with Gasteiger partial charge in [0.25, 0.3) is 0 Å². The van der Waals surface area contributed by atoms with E-state index in [1.165, 1.54) is 6.07 Å². The lowest BCUT2D eigenvalue weighted by Crippen LogP contribution is -1.92. The molecule has 0 radical (unpaired) electrons. The first-order chi connectivity index (χ1) is 6.65. The summed E-state index contributed by atoms with van der Waals surface area (Å²) < 4.78 is 12.8. The fourth-order valence-corrected chi connectivity index (χ4v) is 0.872. The summed E-state index contributed by atoms with van der Waals surface area (Å²) in [5, 5.41) is 18.7. The summed E-state index contributed by atoms with van der Waals surface area (Å²) in [6.45, 7) is -0.342. The van der Waals surface area contributed by atoms with E-state index in [4.69, 9.17) is 5.11 Å². The molecule has 5 heteroatoms. The van der Waals surface area contributed by atoms with E-state index < -0.39 is 16.4 Å². The van der Waals surface area contributed by atoms with Gasteiger partial charge in [0.15, 0.2) is 0 Å². The zero-order valence-electron chi connectivity index (χ0n) is 7.03. The molecule has 0 saturated carbocycles. The zero-order valence-corrected chi connectivity index (χ0v) is 7.03. The molecule has 1 rings (SSSR count). The highest BCUT2D eigenvalue weighted by molar-refractivity contribution is 5.44. The maximum atomic E-state index is 12.8. The van der Waals surface area contributed by atoms with Crippen LogP contribution in [0.5, 0.6) is 0 Å². The lowest BCUT2D eigenvalue weighted by Gasteiger charge is -1.93. The molecule has 4 nitrogen and oxygen atoms in total. The van der Waals surface area contributed by atoms with Crippen molar-refractivity contribution in [3.8, 4) is 11.8 Å². The maximum Gasteiger partial charge on any atom is 0.306 e. The smallest absolute Gasteiger partial charge is 0.306 e. The number of nitro benzene ring substituents is 1. The summed E-state index contributed by atoms with van der Waals surface area (Å²) >= 11 is 0. The molecule has 0 saturated heterocycles. The molecule has 0 aromatic heterocycles. The fourth-order valence-electron chi connectivity index (χ4n) is 0.872. The SMILES string of the molecule is O=[N+]([O-])c1cc(C#CCO)ccc1F. The highest BCUT2D eigenvalue weighted by Crippen LogP contribution is 2.17. The van der Waals surface area contributed by atoms with E-state index in [2.05, 4.69) is 11.8 Å². The largest absolute Gasteiger partial charge is 0.384 e. The van der Waals surface area contributed by atoms with Crippen LogP contribution in [0.2, 0.25) is 0 Å². The van der Waals surface area contributed by atoms with Gasteiger partial charge in [-0.25, -0.2) is 0 Å². The molecular weight excluding hydrogens is 189 g/mol. The quantitative estimate of drug-likeness (QED) is 0.414. The van der Waals surface area contributed by atoms with Crippen LogP contribution in [0.3, 0.4) is 0 Å². The Kier molecular flexibility index (Phi) is 3.15. The van der Waals surface area contributed by atoms with Crippen molar-refractivity contribution in [3.63, 3.8) is 0 Å². The molecule has 0 heterocycles. The molecule has 0 atom stereocenters. The monoisotopic (exact) mass is 195 g/mol. The molecule has 0 fully saturated rings. The van der Waals surface area contributed by atoms with Gasteiger partial charge in [-0.1, -0.05) is 11.8 Å². The van der Waals surface area contributed by atoms with Gasteiger partial charge < -0.3 is 5.11 Å². The lowest BCUT2D eigenvalue weighted by molar-refractivity contribution is -0.387. The second-order valence-electron chi connectivity index (χ2n) is 2.38. The second-order valence-corrected chi connectivity index (χ2v) is 2.38. The predicted molar refractivity (Wildman–Crippen MR) is 47.0 cm³/mol. The lowest BCUT2D eigenvalue weighted by atomic mass is 10.2. The van der Waals surface area contributed by atoms with Gasteiger partial charge in [0, 0.05) is 11.6 Å². The van der Waals surface area contributed by atoms with Crippen LogP contribution in [0.1, 0.15) is 5.56 Å². The summed E-state index contributed by atoms with van der Waals surface area (Å²) in [7, 11) is 0. The van der Waals surface area contributed by atoms with Crippen molar-refractivity contribution in [3.05, 3.63) is 39.7 Å². The summed E-state index contributed by atoms with van der Waals surface area (Å²) in [6.07, 6.45) is 0. The number of hydrogen-bond acceptors (Lipinski definition) is 3. The van der Waals surface area contributed by atoms with Crippen LogP contribution < -0.4 is 0 Å². The van der Waals surface area contributed by atoms with Crippen molar-refractivity contribution >= 4 is 5.69 Å². The average Bonchev–Trinajstić information content (AvgIpc) is 2.16. The molecule has 0 aliphatic heterocycles. The van der Waals surface area contributed by atoms with E-state index >= 15 is 0 Å². The summed E-state index contributed by atoms with van der Waals surface area (Å²) in [4.78, 5) is 9.50. The maximum absolute atomic E-state index is 12.8. The average molecular weight is 195 g/mol. The number of aliphatic hydroxyl groups excluding tert-OH is 1. The van der Waals surface area contributed by atoms with Gasteiger partial charge >= 0.3 is 5.69 Å². The molecule has 0 unspecified atom stereocenters. The van der Waals surface area contributed by atoms with Gasteiger partial charge in [-0.05, 0) is 12.1 Å². The molecule has 1 N–H and O–H groups in total. The van der Waals surface area contributed by atoms with Crippen molar-refractivity contribution < 1.29 is 14.4 Å². The Morgan fingerprint density at radius 1 is 1.57 bits per heavy atom. The van der Waals surface area contributed by atoms with E-state index in [9.17, 15) is 14.5 Å². The molecular formula is C9H6FNO3. The van der Waals surface area contributed by atoms with Gasteiger partial charge in [0.1, 0.15) is 6.61 Å². The summed E-state index contributed by atoms with van der Waals surface area (Å²) in [5.74, 6) is 3.86. The minimum Gasteiger partial charge on any atom is -0.384 e.